The van der Waals surface area contributed by atoms with E-state index in [-0.39, 0.29) is 6.42 Å². The summed E-state index contributed by atoms with van der Waals surface area (Å²) in [6.07, 6.45) is -0.154. The fraction of sp³-hybridized carbons (Fsp3) is 0.333. The Balaban J connectivity index is 2.56. The van der Waals surface area contributed by atoms with Crippen LogP contribution in [0.5, 0.6) is 0 Å². The van der Waals surface area contributed by atoms with Crippen molar-refractivity contribution in [2.75, 3.05) is 0 Å². The standard InChI is InChI=1S/C9H11N3O4S2/c1-4(7(15)12-8(10)16)18-9-11-5(3-17-9)2-6(13)14/h3-4H,2H2,1H3,(H,13,14)(H3,10,12,15,16). The molecule has 0 fully saturated rings. The van der Waals surface area contributed by atoms with Gasteiger partial charge in [0.1, 0.15) is 0 Å². The maximum Gasteiger partial charge on any atom is 0.318 e. The molecule has 3 amide bonds. The number of carbonyl (C=O) groups is 3. The molecule has 0 aliphatic rings. The minimum Gasteiger partial charge on any atom is -0.481 e. The summed E-state index contributed by atoms with van der Waals surface area (Å²) in [5.41, 5.74) is 5.27. The third-order valence-electron chi connectivity index (χ3n) is 1.76. The van der Waals surface area contributed by atoms with Gasteiger partial charge in [0.05, 0.1) is 17.4 Å². The minimum atomic E-state index is -0.962. The van der Waals surface area contributed by atoms with Crippen molar-refractivity contribution >= 4 is 41.0 Å². The molecule has 9 heteroatoms. The number of urea groups is 1. The van der Waals surface area contributed by atoms with Crippen LogP contribution in [0, 0.1) is 0 Å². The predicted molar refractivity (Wildman–Crippen MR) is 66.5 cm³/mol. The quantitative estimate of drug-likeness (QED) is 0.676. The second-order valence-corrected chi connectivity index (χ2v) is 5.73. The number of thiazole rings is 1. The van der Waals surface area contributed by atoms with Crippen LogP contribution in [0.1, 0.15) is 12.6 Å². The number of rotatable bonds is 5. The molecule has 98 valence electrons. The van der Waals surface area contributed by atoms with Crippen molar-refractivity contribution in [2.45, 2.75) is 22.9 Å². The van der Waals surface area contributed by atoms with E-state index in [0.717, 1.165) is 11.8 Å². The van der Waals surface area contributed by atoms with Gasteiger partial charge in [0.2, 0.25) is 5.91 Å². The molecule has 1 aromatic rings. The van der Waals surface area contributed by atoms with Gasteiger partial charge in [-0.3, -0.25) is 14.9 Å². The molecule has 1 rings (SSSR count). The number of hydrogen-bond acceptors (Lipinski definition) is 6. The molecule has 4 N–H and O–H groups in total. The first-order chi connectivity index (χ1) is 8.38. The van der Waals surface area contributed by atoms with Gasteiger partial charge in [-0.2, -0.15) is 0 Å². The number of aromatic nitrogens is 1. The number of thioether (sulfide) groups is 1. The summed E-state index contributed by atoms with van der Waals surface area (Å²) >= 11 is 2.38. The highest BCUT2D eigenvalue weighted by Gasteiger charge is 2.17. The molecule has 1 heterocycles. The number of aliphatic carboxylic acids is 1. The number of primary amides is 1. The molecule has 1 unspecified atom stereocenters. The third kappa shape index (κ3) is 4.72. The molecule has 0 aliphatic carbocycles. The number of carboxylic acid groups (broad SMARTS) is 1. The maximum absolute atomic E-state index is 11.4. The third-order valence-corrected chi connectivity index (χ3v) is 3.88. The lowest BCUT2D eigenvalue weighted by molar-refractivity contribution is -0.136. The zero-order chi connectivity index (χ0) is 13.7. The first-order valence-electron chi connectivity index (χ1n) is 4.81. The Hall–Kier alpha value is -1.61. The molecule has 0 radical (unpaired) electrons. The van der Waals surface area contributed by atoms with Crippen molar-refractivity contribution in [2.24, 2.45) is 5.73 Å². The van der Waals surface area contributed by atoms with Gasteiger partial charge in [0, 0.05) is 5.38 Å². The fourth-order valence-corrected chi connectivity index (χ4v) is 2.99. The zero-order valence-corrected chi connectivity index (χ0v) is 11.0. The molecule has 0 spiro atoms. The molecule has 0 aliphatic heterocycles. The Morgan fingerprint density at radius 2 is 2.28 bits per heavy atom. The molecule has 7 nitrogen and oxygen atoms in total. The summed E-state index contributed by atoms with van der Waals surface area (Å²) in [4.78, 5) is 36.4. The summed E-state index contributed by atoms with van der Waals surface area (Å²) in [7, 11) is 0. The molecule has 0 bridgehead atoms. The summed E-state index contributed by atoms with van der Waals surface area (Å²) < 4.78 is 0.568. The predicted octanol–water partition coefficient (Wildman–Crippen LogP) is 0.446. The molecular weight excluding hydrogens is 278 g/mol. The number of carboxylic acids is 1. The number of nitrogens with zero attached hydrogens (tertiary/aromatic N) is 1. The molecule has 0 saturated carbocycles. The number of carbonyl (C=O) groups excluding carboxylic acids is 2. The van der Waals surface area contributed by atoms with E-state index in [9.17, 15) is 14.4 Å². The Bertz CT molecular complexity index is 474. The Morgan fingerprint density at radius 1 is 1.61 bits per heavy atom. The number of hydrogen-bond donors (Lipinski definition) is 3. The number of amides is 3. The highest BCUT2D eigenvalue weighted by atomic mass is 32.2. The van der Waals surface area contributed by atoms with Gasteiger partial charge in [-0.25, -0.2) is 9.78 Å². The van der Waals surface area contributed by atoms with E-state index in [1.165, 1.54) is 11.3 Å². The van der Waals surface area contributed by atoms with Gasteiger partial charge in [-0.15, -0.1) is 11.3 Å². The van der Waals surface area contributed by atoms with Gasteiger partial charge < -0.3 is 10.8 Å². The normalized spacial score (nSPS) is 11.8. The second-order valence-electron chi connectivity index (χ2n) is 3.29. The highest BCUT2D eigenvalue weighted by molar-refractivity contribution is 8.02. The van der Waals surface area contributed by atoms with E-state index in [4.69, 9.17) is 10.8 Å². The number of nitrogens with one attached hydrogen (secondary N) is 1. The molecule has 1 aromatic heterocycles. The average Bonchev–Trinajstić information content (AvgIpc) is 2.63. The Kier molecular flexibility index (Phi) is 5.10. The smallest absolute Gasteiger partial charge is 0.318 e. The SMILES string of the molecule is CC(Sc1nc(CC(=O)O)cs1)C(=O)NC(N)=O. The monoisotopic (exact) mass is 289 g/mol. The van der Waals surface area contributed by atoms with Crippen molar-refractivity contribution in [3.8, 4) is 0 Å². The highest BCUT2D eigenvalue weighted by Crippen LogP contribution is 2.26. The Morgan fingerprint density at radius 3 is 2.83 bits per heavy atom. The van der Waals surface area contributed by atoms with Crippen molar-refractivity contribution in [3.63, 3.8) is 0 Å². The van der Waals surface area contributed by atoms with Crippen LogP contribution >= 0.6 is 23.1 Å². The number of nitrogens with two attached hydrogens (primary N) is 1. The lowest BCUT2D eigenvalue weighted by Crippen LogP contribution is -2.39. The fourth-order valence-electron chi connectivity index (χ4n) is 1.01. The van der Waals surface area contributed by atoms with Crippen molar-refractivity contribution in [1.29, 1.82) is 0 Å². The molecule has 1 atom stereocenters. The summed E-state index contributed by atoms with van der Waals surface area (Å²) in [5.74, 6) is -1.47. The van der Waals surface area contributed by atoms with E-state index >= 15 is 0 Å². The summed E-state index contributed by atoms with van der Waals surface area (Å²) in [6.45, 7) is 1.60. The van der Waals surface area contributed by atoms with Crippen LogP contribution in [0.3, 0.4) is 0 Å². The van der Waals surface area contributed by atoms with Crippen LogP contribution in [0.25, 0.3) is 0 Å². The van der Waals surface area contributed by atoms with Crippen molar-refractivity contribution in [1.82, 2.24) is 10.3 Å². The molecule has 18 heavy (non-hydrogen) atoms. The van der Waals surface area contributed by atoms with Gasteiger partial charge in [0.25, 0.3) is 0 Å². The van der Waals surface area contributed by atoms with Gasteiger partial charge >= 0.3 is 12.0 Å². The minimum absolute atomic E-state index is 0.154. The van der Waals surface area contributed by atoms with Crippen LogP contribution in [-0.2, 0) is 16.0 Å². The lowest BCUT2D eigenvalue weighted by atomic mass is 10.3. The first kappa shape index (κ1) is 14.5. The molecule has 0 aromatic carbocycles. The summed E-state index contributed by atoms with van der Waals surface area (Å²) in [6, 6.07) is -0.904. The van der Waals surface area contributed by atoms with E-state index in [0.29, 0.717) is 10.0 Å². The zero-order valence-electron chi connectivity index (χ0n) is 9.37. The summed E-state index contributed by atoms with van der Waals surface area (Å²) in [5, 5.41) is 11.6. The number of imide groups is 1. The van der Waals surface area contributed by atoms with Gasteiger partial charge in [-0.05, 0) is 6.92 Å². The molecular formula is C9H11N3O4S2. The van der Waals surface area contributed by atoms with Crippen LogP contribution in [0.15, 0.2) is 9.72 Å². The van der Waals surface area contributed by atoms with Crippen molar-refractivity contribution < 1.29 is 19.5 Å². The van der Waals surface area contributed by atoms with Crippen LogP contribution in [-0.4, -0.2) is 33.2 Å². The van der Waals surface area contributed by atoms with Crippen LogP contribution in [0.4, 0.5) is 4.79 Å². The first-order valence-corrected chi connectivity index (χ1v) is 6.57. The molecule has 0 saturated heterocycles. The lowest BCUT2D eigenvalue weighted by Gasteiger charge is -2.07. The topological polar surface area (TPSA) is 122 Å². The van der Waals surface area contributed by atoms with E-state index in [1.54, 1.807) is 12.3 Å². The van der Waals surface area contributed by atoms with Gasteiger partial charge in [0.15, 0.2) is 4.34 Å². The maximum atomic E-state index is 11.4. The van der Waals surface area contributed by atoms with E-state index in [1.807, 2.05) is 5.32 Å². The van der Waals surface area contributed by atoms with Crippen molar-refractivity contribution in [3.05, 3.63) is 11.1 Å². The van der Waals surface area contributed by atoms with Crippen LogP contribution in [0.2, 0.25) is 0 Å². The van der Waals surface area contributed by atoms with E-state index in [2.05, 4.69) is 4.98 Å². The Labute approximate surface area is 111 Å². The van der Waals surface area contributed by atoms with Crippen LogP contribution < -0.4 is 11.1 Å². The van der Waals surface area contributed by atoms with Gasteiger partial charge in [-0.1, -0.05) is 11.8 Å². The second kappa shape index (κ2) is 6.36. The average molecular weight is 289 g/mol. The largest absolute Gasteiger partial charge is 0.481 e. The van der Waals surface area contributed by atoms with E-state index < -0.39 is 23.2 Å².